The Morgan fingerprint density at radius 2 is 0.667 bits per heavy atom. The lowest BCUT2D eigenvalue weighted by Gasteiger charge is -2.44. The van der Waals surface area contributed by atoms with Gasteiger partial charge in [0.2, 0.25) is 5.56 Å². The van der Waals surface area contributed by atoms with Crippen LogP contribution in [0.5, 0.6) is 0 Å². The van der Waals surface area contributed by atoms with Crippen LogP contribution in [0.25, 0.3) is 0 Å². The normalized spacial score (nSPS) is 23.9. The van der Waals surface area contributed by atoms with Gasteiger partial charge in [0.05, 0.1) is 0 Å². The van der Waals surface area contributed by atoms with E-state index in [1.54, 1.807) is 12.1 Å². The first-order chi connectivity index (χ1) is 65.7. The summed E-state index contributed by atoms with van der Waals surface area (Å²) < 4.78 is 13.5. The molecule has 138 heavy (non-hydrogen) atoms. The first-order valence-corrected chi connectivity index (χ1v) is 51.2. The number of hydrogen-bond acceptors (Lipinski definition) is 26. The number of benzene rings is 4. The number of aryl methyl sites for hydroxylation is 4. The van der Waals surface area contributed by atoms with Crippen molar-refractivity contribution >= 4 is 77.0 Å². The Labute approximate surface area is 818 Å². The molecule has 0 bridgehead atoms. The Morgan fingerprint density at radius 1 is 0.348 bits per heavy atom. The molecule has 15 rings (SSSR count). The number of carboxylic acid groups (broad SMARTS) is 5. The van der Waals surface area contributed by atoms with Gasteiger partial charge in [-0.3, -0.25) is 53.3 Å². The average molecular weight is 1940 g/mol. The highest BCUT2D eigenvalue weighted by atomic mass is 35.5. The minimum absolute atomic E-state index is 0.0637. The Morgan fingerprint density at radius 3 is 1.06 bits per heavy atom. The van der Waals surface area contributed by atoms with Crippen molar-refractivity contribution in [3.8, 4) is 0 Å². The summed E-state index contributed by atoms with van der Waals surface area (Å²) in [7, 11) is -6.74. The second-order valence-electron chi connectivity index (χ2n) is 41.2. The Bertz CT molecular complexity index is 4820. The lowest BCUT2D eigenvalue weighted by molar-refractivity contribution is -0.148. The number of rotatable bonds is 40. The molecular formula is C99H152B5ClFN11O21. The van der Waals surface area contributed by atoms with Gasteiger partial charge in [-0.25, -0.2) is 4.39 Å². The van der Waals surface area contributed by atoms with Crippen LogP contribution in [-0.4, -0.2) is 270 Å². The van der Waals surface area contributed by atoms with Gasteiger partial charge < -0.3 is 109 Å². The van der Waals surface area contributed by atoms with Crippen LogP contribution in [0.3, 0.4) is 0 Å². The van der Waals surface area contributed by atoms with Crippen molar-refractivity contribution in [1.29, 1.82) is 0 Å². The van der Waals surface area contributed by atoms with Crippen LogP contribution in [0.1, 0.15) is 266 Å². The van der Waals surface area contributed by atoms with Crippen LogP contribution in [0.15, 0.2) is 102 Å². The number of unbranched alkanes of at least 4 members (excludes halogenated alkanes) is 5. The maximum Gasteiger partial charge on any atom is 0.451 e. The number of likely N-dealkylation sites (tertiary alicyclic amines) is 5. The summed E-state index contributed by atoms with van der Waals surface area (Å²) in [6.07, 6.45) is 29.3. The van der Waals surface area contributed by atoms with Gasteiger partial charge in [0.25, 0.3) is 0 Å². The minimum atomic E-state index is -1.36. The number of carbonyl (C=O) groups is 5. The van der Waals surface area contributed by atoms with E-state index in [4.69, 9.17) is 90.5 Å². The van der Waals surface area contributed by atoms with E-state index < -0.39 is 93.1 Å². The number of piperidine rings is 2. The molecule has 5 saturated heterocycles. The van der Waals surface area contributed by atoms with E-state index in [1.807, 2.05) is 18.3 Å². The quantitative estimate of drug-likeness (QED) is 0.0130. The molecule has 5 fully saturated rings. The third-order valence-electron chi connectivity index (χ3n) is 32.4. The fourth-order valence-corrected chi connectivity index (χ4v) is 24.4. The van der Waals surface area contributed by atoms with Gasteiger partial charge in [-0.15, -0.1) is 0 Å². The molecule has 13 atom stereocenters. The van der Waals surface area contributed by atoms with Crippen molar-refractivity contribution in [2.24, 2.45) is 58.3 Å². The first kappa shape index (κ1) is 111. The number of aliphatic carboxylic acids is 5. The van der Waals surface area contributed by atoms with E-state index in [0.717, 1.165) is 184 Å². The van der Waals surface area contributed by atoms with Gasteiger partial charge in [0, 0.05) is 84.9 Å². The SMILES string of the molecule is NC(CCCCB(O)O)(C(=O)O)C1CCN(C2CCCc3cc(=O)[nH]cc32)CC1.NC(CCCCB(O)O)(C(=O)O)C1CCN(C2CCCc3cc(Cl)ccc32)C1.NC(CCCCB(O)O)(C(=O)O)C1CCN(C2CCCc3ccccc32)C1.NC(CCCCB(O)O)(C(=O)O)C1CCN(C2CCc3ccccc32)C1.NC(CCCCB(O)O)(C(=O)O)C1CCN(C2Cc3ccc(F)cc3C2)CC1. The molecule has 10 aliphatic rings. The largest absolute Gasteiger partial charge is 0.480 e. The van der Waals surface area contributed by atoms with Gasteiger partial charge >= 0.3 is 65.4 Å². The third kappa shape index (κ3) is 29.4. The number of aromatic amines is 1. The van der Waals surface area contributed by atoms with Gasteiger partial charge in [-0.2, -0.15) is 0 Å². The molecule has 26 N–H and O–H groups in total. The molecule has 5 aromatic rings. The second kappa shape index (κ2) is 51.9. The van der Waals surface area contributed by atoms with Crippen molar-refractivity contribution in [3.63, 3.8) is 0 Å². The highest BCUT2D eigenvalue weighted by Gasteiger charge is 2.52. The van der Waals surface area contributed by atoms with Crippen molar-refractivity contribution < 1.29 is 104 Å². The fourth-order valence-electron chi connectivity index (χ4n) is 24.2. The number of halogens is 2. The molecule has 4 aromatic carbocycles. The summed E-state index contributed by atoms with van der Waals surface area (Å²) in [6, 6.07) is 31.6. The summed E-state index contributed by atoms with van der Waals surface area (Å²) in [5.74, 6) is -5.45. The van der Waals surface area contributed by atoms with E-state index in [-0.39, 0.29) is 78.6 Å². The third-order valence-corrected chi connectivity index (χ3v) is 32.6. The number of aromatic nitrogens is 1. The fraction of sp³-hybridized carbons (Fsp3) is 0.657. The highest BCUT2D eigenvalue weighted by Crippen LogP contribution is 2.47. The van der Waals surface area contributed by atoms with Gasteiger partial charge in [-0.05, 0) is 330 Å². The molecule has 0 amide bonds. The smallest absolute Gasteiger partial charge is 0.451 e. The average Bonchev–Trinajstić information content (AvgIpc) is 1.55. The number of nitrogens with one attached hydrogen (secondary N) is 1. The zero-order chi connectivity index (χ0) is 99.8. The number of pyridine rings is 1. The molecule has 39 heteroatoms. The number of nitrogens with two attached hydrogens (primary N) is 5. The predicted molar refractivity (Wildman–Crippen MR) is 532 cm³/mol. The van der Waals surface area contributed by atoms with E-state index in [9.17, 15) is 58.7 Å². The summed E-state index contributed by atoms with van der Waals surface area (Å²) >= 11 is 6.16. The maximum absolute atomic E-state index is 13.5. The minimum Gasteiger partial charge on any atom is -0.480 e. The molecule has 0 radical (unpaired) electrons. The van der Waals surface area contributed by atoms with Crippen LogP contribution in [0.4, 0.5) is 4.39 Å². The van der Waals surface area contributed by atoms with Crippen LogP contribution in [0.2, 0.25) is 36.6 Å². The van der Waals surface area contributed by atoms with E-state index in [0.29, 0.717) is 140 Å². The van der Waals surface area contributed by atoms with Crippen LogP contribution < -0.4 is 34.2 Å². The molecule has 13 unspecified atom stereocenters. The topological polar surface area (TPSA) is 568 Å². The molecule has 0 spiro atoms. The summed E-state index contributed by atoms with van der Waals surface area (Å²) in [4.78, 5) is 86.2. The lowest BCUT2D eigenvalue weighted by atomic mass is 9.73. The van der Waals surface area contributed by atoms with Gasteiger partial charge in [0.15, 0.2) is 0 Å². The van der Waals surface area contributed by atoms with Crippen LogP contribution in [-0.2, 0) is 62.5 Å². The van der Waals surface area contributed by atoms with Gasteiger partial charge in [0.1, 0.15) is 33.5 Å². The van der Waals surface area contributed by atoms with Crippen LogP contribution >= 0.6 is 11.6 Å². The highest BCUT2D eigenvalue weighted by molar-refractivity contribution is 6.42. The van der Waals surface area contributed by atoms with E-state index >= 15 is 0 Å². The zero-order valence-corrected chi connectivity index (χ0v) is 81.0. The summed E-state index contributed by atoms with van der Waals surface area (Å²) in [6.45, 7) is 7.88. The Balaban J connectivity index is 0.000000165. The molecule has 5 aliphatic heterocycles. The standard InChI is InChI=1S/C20H30BClN2O4.C20H30BFN2O4.C20H32BN3O5.C20H31BN2O4.C19H29BN2O4/c22-16-6-7-17-14(12-16)4-3-5-18(17)24-11-8-15(13-24)20(23,19(25)26)9-1-2-10-21(27)28;22-17-4-3-14-12-18(13-15(14)11-17)24-9-5-16(6-10-24)20(23,19(25)26)7-1-2-8-21(27)28;22-20(19(26)27,8-1-2-9-21(28)29)15-6-10-24(11-7-15)17-5-3-4-14-12-18(25)23-13-16(14)17;22-20(19(24)25,11-3-4-12-21(26)27)16-10-13-23(14-16)18-9-5-7-15-6-1-2-8-17(15)18;21-19(18(23)24,10-3-4-11-20(25)26)15-9-12-22(13-15)17-8-7-14-5-1-2-6-16(14)17/h6-7,12,15,18,27-28H,1-5,8-11,13,23H2,(H,25,26);3-4,11,16,18,27-28H,1-2,5-10,12-13,23H2,(H,25,26);12-13,15,17,28-29H,1-11,22H2,(H,23,25)(H,26,27);1-2,6,8,16,18,26-27H,3-5,7,9-14,22H2,(H,24,25);1-2,5-6,15,17,25-26H,3-4,7-13,21H2,(H,23,24). The number of H-pyrrole nitrogens is 1. The van der Waals surface area contributed by atoms with E-state index in [1.165, 1.54) is 57.0 Å². The summed E-state index contributed by atoms with van der Waals surface area (Å²) in [5, 5.41) is 139. The number of carboxylic acids is 5. The molecule has 32 nitrogen and oxygen atoms in total. The number of fused-ring (bicyclic) bond motifs is 5. The predicted octanol–water partition coefficient (Wildman–Crippen LogP) is 8.02. The second-order valence-corrected chi connectivity index (χ2v) is 41.6. The number of nitrogens with zero attached hydrogens (tertiary/aromatic N) is 5. The van der Waals surface area contributed by atoms with Crippen molar-refractivity contribution in [2.75, 3.05) is 65.4 Å². The first-order valence-electron chi connectivity index (χ1n) is 50.8. The molecular weight excluding hydrogens is 1790 g/mol. The molecule has 0 saturated carbocycles. The van der Waals surface area contributed by atoms with Crippen molar-refractivity contribution in [3.05, 3.63) is 174 Å². The molecule has 1 aromatic heterocycles. The van der Waals surface area contributed by atoms with Crippen molar-refractivity contribution in [1.82, 2.24) is 29.5 Å². The van der Waals surface area contributed by atoms with Crippen LogP contribution in [0, 0.1) is 35.4 Å². The monoisotopic (exact) mass is 1940 g/mol. The van der Waals surface area contributed by atoms with Crippen molar-refractivity contribution in [2.45, 2.75) is 314 Å². The molecule has 6 heterocycles. The zero-order valence-electron chi connectivity index (χ0n) is 80.3. The number of hydrogen-bond donors (Lipinski definition) is 21. The summed E-state index contributed by atoms with van der Waals surface area (Å²) in [5.41, 5.74) is 38.3. The Hall–Kier alpha value is -7.08. The molecule has 758 valence electrons. The van der Waals surface area contributed by atoms with Gasteiger partial charge in [-0.1, -0.05) is 136 Å². The van der Waals surface area contributed by atoms with E-state index in [2.05, 4.69) is 90.1 Å². The lowest BCUT2D eigenvalue weighted by Crippen LogP contribution is -2.57. The maximum atomic E-state index is 13.5. The Kier molecular flexibility index (Phi) is 41.9. The molecule has 5 aliphatic carbocycles.